The molecule has 0 saturated heterocycles. The summed E-state index contributed by atoms with van der Waals surface area (Å²) in [5, 5.41) is 10.3. The van der Waals surface area contributed by atoms with Gasteiger partial charge in [0.05, 0.1) is 19.4 Å². The number of benzene rings is 1. The van der Waals surface area contributed by atoms with Gasteiger partial charge in [-0.15, -0.1) is 0 Å². The van der Waals surface area contributed by atoms with E-state index in [1.165, 1.54) is 19.2 Å². The van der Waals surface area contributed by atoms with Gasteiger partial charge in [-0.05, 0) is 29.8 Å². The number of rotatable bonds is 4. The summed E-state index contributed by atoms with van der Waals surface area (Å²) in [5.41, 5.74) is 1.33. The third-order valence-electron chi connectivity index (χ3n) is 2.82. The number of pyridine rings is 1. The zero-order valence-electron chi connectivity index (χ0n) is 10.3. The molecule has 0 aliphatic carbocycles. The number of aliphatic hydroxyl groups excluding tert-OH is 1. The molecule has 100 valence electrons. The average molecular weight is 326 g/mol. The molecule has 1 aromatic carbocycles. The Bertz CT molecular complexity index is 577. The monoisotopic (exact) mass is 325 g/mol. The molecule has 19 heavy (non-hydrogen) atoms. The maximum absolute atomic E-state index is 13.2. The van der Waals surface area contributed by atoms with Crippen molar-refractivity contribution in [1.82, 2.24) is 4.98 Å². The van der Waals surface area contributed by atoms with Gasteiger partial charge in [-0.1, -0.05) is 15.9 Å². The van der Waals surface area contributed by atoms with Crippen LogP contribution in [-0.2, 0) is 6.42 Å². The van der Waals surface area contributed by atoms with E-state index in [4.69, 9.17) is 4.74 Å². The zero-order valence-corrected chi connectivity index (χ0v) is 11.9. The highest BCUT2D eigenvalue weighted by Gasteiger charge is 2.15. The Morgan fingerprint density at radius 3 is 2.95 bits per heavy atom. The van der Waals surface area contributed by atoms with E-state index in [-0.39, 0.29) is 5.82 Å². The van der Waals surface area contributed by atoms with Crippen LogP contribution in [0.4, 0.5) is 4.39 Å². The fraction of sp³-hybridized carbons (Fsp3) is 0.214. The van der Waals surface area contributed by atoms with Crippen molar-refractivity contribution in [1.29, 1.82) is 0 Å². The van der Waals surface area contributed by atoms with Crippen LogP contribution >= 0.6 is 15.9 Å². The quantitative estimate of drug-likeness (QED) is 0.938. The van der Waals surface area contributed by atoms with Gasteiger partial charge < -0.3 is 9.84 Å². The highest BCUT2D eigenvalue weighted by molar-refractivity contribution is 9.10. The van der Waals surface area contributed by atoms with Gasteiger partial charge in [-0.25, -0.2) is 4.39 Å². The van der Waals surface area contributed by atoms with Crippen LogP contribution in [0.5, 0.6) is 5.75 Å². The fourth-order valence-corrected chi connectivity index (χ4v) is 2.26. The first-order valence-corrected chi connectivity index (χ1v) is 6.51. The molecule has 0 bridgehead atoms. The average Bonchev–Trinajstić information content (AvgIpc) is 2.42. The predicted octanol–water partition coefficient (Wildman–Crippen LogP) is 3.27. The summed E-state index contributed by atoms with van der Waals surface area (Å²) in [4.78, 5) is 3.93. The molecule has 2 aromatic rings. The van der Waals surface area contributed by atoms with Crippen LogP contribution in [0.3, 0.4) is 0 Å². The molecule has 0 amide bonds. The second-order valence-electron chi connectivity index (χ2n) is 4.07. The lowest BCUT2D eigenvalue weighted by Crippen LogP contribution is -2.05. The second-order valence-corrected chi connectivity index (χ2v) is 4.93. The van der Waals surface area contributed by atoms with Crippen LogP contribution in [0, 0.1) is 5.82 Å². The summed E-state index contributed by atoms with van der Waals surface area (Å²) in [6.07, 6.45) is 2.63. The summed E-state index contributed by atoms with van der Waals surface area (Å²) in [7, 11) is 1.52. The topological polar surface area (TPSA) is 42.4 Å². The van der Waals surface area contributed by atoms with Crippen molar-refractivity contribution in [2.24, 2.45) is 0 Å². The van der Waals surface area contributed by atoms with E-state index in [0.29, 0.717) is 23.3 Å². The fourth-order valence-electron chi connectivity index (χ4n) is 1.85. The Kier molecular flexibility index (Phi) is 4.50. The number of aromatic nitrogens is 1. The van der Waals surface area contributed by atoms with Crippen LogP contribution in [0.15, 0.2) is 41.1 Å². The number of nitrogens with zero attached hydrogens (tertiary/aromatic N) is 1. The number of ether oxygens (including phenoxy) is 1. The standard InChI is InChI=1S/C14H13BrFNO2/c1-19-14-8-17-5-4-11(14)13(18)7-9-6-10(16)2-3-12(9)15/h2-6,8,13,18H,7H2,1H3. The Hall–Kier alpha value is -1.46. The Balaban J connectivity index is 2.25. The van der Waals surface area contributed by atoms with Crippen molar-refractivity contribution in [2.45, 2.75) is 12.5 Å². The van der Waals surface area contributed by atoms with E-state index < -0.39 is 6.10 Å². The van der Waals surface area contributed by atoms with E-state index >= 15 is 0 Å². The number of hydrogen-bond donors (Lipinski definition) is 1. The van der Waals surface area contributed by atoms with E-state index in [2.05, 4.69) is 20.9 Å². The van der Waals surface area contributed by atoms with Gasteiger partial charge in [-0.3, -0.25) is 4.98 Å². The van der Waals surface area contributed by atoms with Gasteiger partial charge in [0.15, 0.2) is 0 Å². The maximum atomic E-state index is 13.2. The summed E-state index contributed by atoms with van der Waals surface area (Å²) in [6, 6.07) is 6.09. The van der Waals surface area contributed by atoms with Crippen molar-refractivity contribution in [3.8, 4) is 5.75 Å². The molecule has 0 radical (unpaired) electrons. The number of methoxy groups -OCH3 is 1. The van der Waals surface area contributed by atoms with Crippen LogP contribution in [0.1, 0.15) is 17.2 Å². The molecule has 1 N–H and O–H groups in total. The van der Waals surface area contributed by atoms with Gasteiger partial charge in [-0.2, -0.15) is 0 Å². The van der Waals surface area contributed by atoms with Crippen molar-refractivity contribution >= 4 is 15.9 Å². The molecule has 3 nitrogen and oxygen atoms in total. The molecule has 0 aliphatic rings. The van der Waals surface area contributed by atoms with Gasteiger partial charge in [0.1, 0.15) is 11.6 Å². The number of hydrogen-bond acceptors (Lipinski definition) is 3. The van der Waals surface area contributed by atoms with Crippen molar-refractivity contribution in [3.63, 3.8) is 0 Å². The highest BCUT2D eigenvalue weighted by Crippen LogP contribution is 2.29. The summed E-state index contributed by atoms with van der Waals surface area (Å²) in [5.74, 6) is 0.189. The minimum atomic E-state index is -0.781. The first kappa shape index (κ1) is 14.0. The van der Waals surface area contributed by atoms with Gasteiger partial charge in [0.25, 0.3) is 0 Å². The summed E-state index contributed by atoms with van der Waals surface area (Å²) in [6.45, 7) is 0. The third kappa shape index (κ3) is 3.30. The van der Waals surface area contributed by atoms with Crippen molar-refractivity contribution < 1.29 is 14.2 Å². The predicted molar refractivity (Wildman–Crippen MR) is 73.6 cm³/mol. The number of aliphatic hydroxyl groups is 1. The van der Waals surface area contributed by atoms with Gasteiger partial charge in [0, 0.05) is 22.7 Å². The zero-order chi connectivity index (χ0) is 13.8. The van der Waals surface area contributed by atoms with E-state index in [1.54, 1.807) is 24.5 Å². The Labute approximate surface area is 119 Å². The molecule has 0 saturated carbocycles. The molecule has 5 heteroatoms. The van der Waals surface area contributed by atoms with Crippen LogP contribution in [-0.4, -0.2) is 17.2 Å². The van der Waals surface area contributed by atoms with Gasteiger partial charge >= 0.3 is 0 Å². The summed E-state index contributed by atoms with van der Waals surface area (Å²) < 4.78 is 19.1. The SMILES string of the molecule is COc1cnccc1C(O)Cc1cc(F)ccc1Br. The normalized spacial score (nSPS) is 12.2. The van der Waals surface area contributed by atoms with Gasteiger partial charge in [0.2, 0.25) is 0 Å². The molecular weight excluding hydrogens is 313 g/mol. The lowest BCUT2D eigenvalue weighted by atomic mass is 10.0. The summed E-state index contributed by atoms with van der Waals surface area (Å²) >= 11 is 3.35. The molecule has 0 spiro atoms. The van der Waals surface area contributed by atoms with Crippen LogP contribution in [0.25, 0.3) is 0 Å². The van der Waals surface area contributed by atoms with Crippen molar-refractivity contribution in [3.05, 3.63) is 58.1 Å². The van der Waals surface area contributed by atoms with Crippen LogP contribution in [0.2, 0.25) is 0 Å². The minimum Gasteiger partial charge on any atom is -0.495 e. The Morgan fingerprint density at radius 2 is 2.21 bits per heavy atom. The highest BCUT2D eigenvalue weighted by atomic mass is 79.9. The minimum absolute atomic E-state index is 0.290. The van der Waals surface area contributed by atoms with E-state index in [1.807, 2.05) is 0 Å². The first-order valence-electron chi connectivity index (χ1n) is 5.71. The van der Waals surface area contributed by atoms with Crippen molar-refractivity contribution in [2.75, 3.05) is 7.11 Å². The molecule has 2 rings (SSSR count). The van der Waals surface area contributed by atoms with Crippen LogP contribution < -0.4 is 4.74 Å². The first-order chi connectivity index (χ1) is 9.11. The smallest absolute Gasteiger partial charge is 0.142 e. The lowest BCUT2D eigenvalue weighted by molar-refractivity contribution is 0.173. The molecule has 1 atom stereocenters. The largest absolute Gasteiger partial charge is 0.495 e. The molecule has 0 aliphatic heterocycles. The maximum Gasteiger partial charge on any atom is 0.142 e. The Morgan fingerprint density at radius 1 is 1.42 bits per heavy atom. The van der Waals surface area contributed by atoms with E-state index in [9.17, 15) is 9.50 Å². The molecule has 1 aromatic heterocycles. The molecule has 0 fully saturated rings. The molecule has 1 heterocycles. The second kappa shape index (κ2) is 6.12. The van der Waals surface area contributed by atoms with E-state index in [0.717, 1.165) is 4.47 Å². The lowest BCUT2D eigenvalue weighted by Gasteiger charge is -2.15. The molecular formula is C14H13BrFNO2. The number of halogens is 2. The third-order valence-corrected chi connectivity index (χ3v) is 3.59. The molecule has 1 unspecified atom stereocenters.